The van der Waals surface area contributed by atoms with Gasteiger partial charge in [0.05, 0.1) is 5.69 Å². The molecular formula is C12H13FN4. The highest BCUT2D eigenvalue weighted by Gasteiger charge is 2.08. The first-order chi connectivity index (χ1) is 8.31. The van der Waals surface area contributed by atoms with Gasteiger partial charge in [-0.15, -0.1) is 0 Å². The predicted molar refractivity (Wildman–Crippen MR) is 62.9 cm³/mol. The van der Waals surface area contributed by atoms with Crippen molar-refractivity contribution < 1.29 is 4.39 Å². The number of pyridine rings is 1. The average molecular weight is 232 g/mol. The van der Waals surface area contributed by atoms with Crippen LogP contribution in [0.1, 0.15) is 18.2 Å². The molecule has 5 heteroatoms. The summed E-state index contributed by atoms with van der Waals surface area (Å²) in [6.45, 7) is 2.35. The maximum absolute atomic E-state index is 13.8. The van der Waals surface area contributed by atoms with E-state index in [0.717, 1.165) is 5.56 Å². The maximum atomic E-state index is 13.8. The molecule has 2 rings (SSSR count). The zero-order valence-electron chi connectivity index (χ0n) is 9.52. The molecule has 0 atom stereocenters. The van der Waals surface area contributed by atoms with Crippen molar-refractivity contribution in [2.75, 3.05) is 5.32 Å². The van der Waals surface area contributed by atoms with Crippen molar-refractivity contribution >= 4 is 5.82 Å². The molecule has 0 aromatic carbocycles. The summed E-state index contributed by atoms with van der Waals surface area (Å²) in [5, 5.41) is 2.94. The van der Waals surface area contributed by atoms with Crippen molar-refractivity contribution in [1.82, 2.24) is 15.0 Å². The second-order valence-electron chi connectivity index (χ2n) is 3.55. The van der Waals surface area contributed by atoms with Gasteiger partial charge in [0.2, 0.25) is 0 Å². The third-order valence-electron chi connectivity index (χ3n) is 2.38. The Balaban J connectivity index is 2.09. The molecular weight excluding hydrogens is 219 g/mol. The third-order valence-corrected chi connectivity index (χ3v) is 2.38. The van der Waals surface area contributed by atoms with Crippen molar-refractivity contribution in [3.8, 4) is 0 Å². The van der Waals surface area contributed by atoms with E-state index in [-0.39, 0.29) is 11.6 Å². The Kier molecular flexibility index (Phi) is 3.59. The predicted octanol–water partition coefficient (Wildman–Crippen LogP) is 2.19. The Morgan fingerprint density at radius 2 is 2.24 bits per heavy atom. The molecule has 0 fully saturated rings. The zero-order valence-corrected chi connectivity index (χ0v) is 9.52. The molecule has 0 aliphatic heterocycles. The molecule has 0 unspecified atom stereocenters. The molecule has 0 saturated carbocycles. The number of rotatable bonds is 4. The molecule has 2 aromatic heterocycles. The number of anilines is 1. The lowest BCUT2D eigenvalue weighted by molar-refractivity contribution is 0.596. The van der Waals surface area contributed by atoms with Crippen LogP contribution in [0.15, 0.2) is 30.9 Å². The number of aryl methyl sites for hydroxylation is 1. The van der Waals surface area contributed by atoms with E-state index in [9.17, 15) is 4.39 Å². The van der Waals surface area contributed by atoms with Gasteiger partial charge in [-0.2, -0.15) is 0 Å². The van der Waals surface area contributed by atoms with Crippen LogP contribution >= 0.6 is 0 Å². The quantitative estimate of drug-likeness (QED) is 0.877. The van der Waals surface area contributed by atoms with Crippen molar-refractivity contribution in [3.05, 3.63) is 47.9 Å². The number of hydrogen-bond donors (Lipinski definition) is 1. The van der Waals surface area contributed by atoms with Crippen molar-refractivity contribution in [1.29, 1.82) is 0 Å². The molecule has 0 spiro atoms. The van der Waals surface area contributed by atoms with Gasteiger partial charge in [-0.05, 0) is 18.1 Å². The summed E-state index contributed by atoms with van der Waals surface area (Å²) in [5.74, 6) is -0.139. The number of nitrogens with zero attached hydrogens (tertiary/aromatic N) is 3. The summed E-state index contributed by atoms with van der Waals surface area (Å²) in [5.41, 5.74) is 1.40. The van der Waals surface area contributed by atoms with Crippen molar-refractivity contribution in [2.24, 2.45) is 0 Å². The van der Waals surface area contributed by atoms with E-state index < -0.39 is 0 Å². The molecule has 2 heterocycles. The minimum atomic E-state index is -0.376. The fourth-order valence-corrected chi connectivity index (χ4v) is 1.46. The number of aromatic nitrogens is 3. The highest BCUT2D eigenvalue weighted by Crippen LogP contribution is 2.13. The van der Waals surface area contributed by atoms with E-state index in [1.165, 1.54) is 6.33 Å². The normalized spacial score (nSPS) is 10.2. The van der Waals surface area contributed by atoms with Crippen LogP contribution < -0.4 is 5.32 Å². The van der Waals surface area contributed by atoms with Gasteiger partial charge in [0.15, 0.2) is 11.6 Å². The molecule has 0 aliphatic rings. The highest BCUT2D eigenvalue weighted by atomic mass is 19.1. The molecule has 17 heavy (non-hydrogen) atoms. The van der Waals surface area contributed by atoms with Crippen LogP contribution in [0, 0.1) is 5.82 Å². The Morgan fingerprint density at radius 3 is 2.94 bits per heavy atom. The first kappa shape index (κ1) is 11.4. The van der Waals surface area contributed by atoms with Crippen LogP contribution in [-0.4, -0.2) is 15.0 Å². The fraction of sp³-hybridized carbons (Fsp3) is 0.250. The molecule has 0 saturated heterocycles. The third kappa shape index (κ3) is 2.75. The van der Waals surface area contributed by atoms with E-state index in [1.54, 1.807) is 12.4 Å². The lowest BCUT2D eigenvalue weighted by Crippen LogP contribution is -2.06. The lowest BCUT2D eigenvalue weighted by Gasteiger charge is -2.07. The van der Waals surface area contributed by atoms with Crippen LogP contribution in [-0.2, 0) is 13.0 Å². The van der Waals surface area contributed by atoms with E-state index in [0.29, 0.717) is 18.7 Å². The molecule has 0 bridgehead atoms. The van der Waals surface area contributed by atoms with Gasteiger partial charge in [-0.25, -0.2) is 14.4 Å². The van der Waals surface area contributed by atoms with Crippen LogP contribution in [0.25, 0.3) is 0 Å². The Morgan fingerprint density at radius 1 is 1.35 bits per heavy atom. The lowest BCUT2D eigenvalue weighted by atomic mass is 10.2. The van der Waals surface area contributed by atoms with Gasteiger partial charge in [0.25, 0.3) is 0 Å². The smallest absolute Gasteiger partial charge is 0.186 e. The zero-order chi connectivity index (χ0) is 12.1. The average Bonchev–Trinajstić information content (AvgIpc) is 2.39. The Hall–Kier alpha value is -2.04. The minimum Gasteiger partial charge on any atom is -0.363 e. The topological polar surface area (TPSA) is 50.7 Å². The molecule has 0 aliphatic carbocycles. The Labute approximate surface area is 99.0 Å². The summed E-state index contributed by atoms with van der Waals surface area (Å²) in [4.78, 5) is 11.7. The van der Waals surface area contributed by atoms with Crippen molar-refractivity contribution in [3.63, 3.8) is 0 Å². The Bertz CT molecular complexity index is 487. The van der Waals surface area contributed by atoms with Gasteiger partial charge in [-0.1, -0.05) is 13.0 Å². The summed E-state index contributed by atoms with van der Waals surface area (Å²) < 4.78 is 13.8. The summed E-state index contributed by atoms with van der Waals surface area (Å²) >= 11 is 0. The SMILES string of the molecule is CCc1ncnc(NCc2cccnc2)c1F. The first-order valence-corrected chi connectivity index (χ1v) is 5.43. The first-order valence-electron chi connectivity index (χ1n) is 5.43. The second-order valence-corrected chi connectivity index (χ2v) is 3.55. The summed E-state index contributed by atoms with van der Waals surface area (Å²) in [7, 11) is 0. The minimum absolute atomic E-state index is 0.237. The molecule has 88 valence electrons. The summed E-state index contributed by atoms with van der Waals surface area (Å²) in [6, 6.07) is 3.75. The second kappa shape index (κ2) is 5.34. The van der Waals surface area contributed by atoms with Gasteiger partial charge in [0, 0.05) is 18.9 Å². The van der Waals surface area contributed by atoms with Crippen LogP contribution in [0.4, 0.5) is 10.2 Å². The molecule has 1 N–H and O–H groups in total. The summed E-state index contributed by atoms with van der Waals surface area (Å²) in [6.07, 6.45) is 5.35. The van der Waals surface area contributed by atoms with Gasteiger partial charge < -0.3 is 5.32 Å². The van der Waals surface area contributed by atoms with Gasteiger partial charge in [-0.3, -0.25) is 4.98 Å². The molecule has 4 nitrogen and oxygen atoms in total. The standard InChI is InChI=1S/C12H13FN4/c1-2-10-11(13)12(17-8-16-10)15-7-9-4-3-5-14-6-9/h3-6,8H,2,7H2,1H3,(H,15,16,17). The number of nitrogens with one attached hydrogen (secondary N) is 1. The number of halogens is 1. The highest BCUT2D eigenvalue weighted by molar-refractivity contribution is 5.38. The largest absolute Gasteiger partial charge is 0.363 e. The van der Waals surface area contributed by atoms with Crippen LogP contribution in [0.3, 0.4) is 0 Å². The molecule has 0 radical (unpaired) electrons. The molecule has 0 amide bonds. The van der Waals surface area contributed by atoms with Crippen molar-refractivity contribution in [2.45, 2.75) is 19.9 Å². The van der Waals surface area contributed by atoms with Gasteiger partial charge >= 0.3 is 0 Å². The number of hydrogen-bond acceptors (Lipinski definition) is 4. The maximum Gasteiger partial charge on any atom is 0.186 e. The van der Waals surface area contributed by atoms with Crippen LogP contribution in [0.2, 0.25) is 0 Å². The van der Waals surface area contributed by atoms with Crippen LogP contribution in [0.5, 0.6) is 0 Å². The van der Waals surface area contributed by atoms with E-state index in [1.807, 2.05) is 19.1 Å². The van der Waals surface area contributed by atoms with E-state index in [4.69, 9.17) is 0 Å². The van der Waals surface area contributed by atoms with E-state index in [2.05, 4.69) is 20.3 Å². The fourth-order valence-electron chi connectivity index (χ4n) is 1.46. The van der Waals surface area contributed by atoms with Gasteiger partial charge in [0.1, 0.15) is 6.33 Å². The monoisotopic (exact) mass is 232 g/mol. The van der Waals surface area contributed by atoms with E-state index >= 15 is 0 Å². The molecule has 2 aromatic rings.